The number of non-ortho nitro benzene ring substituents is 1. The van der Waals surface area contributed by atoms with Gasteiger partial charge in [0.2, 0.25) is 11.8 Å². The van der Waals surface area contributed by atoms with Gasteiger partial charge in [-0.3, -0.25) is 19.5 Å². The van der Waals surface area contributed by atoms with E-state index < -0.39 is 16.6 Å². The average molecular weight is 388 g/mol. The second-order valence-electron chi connectivity index (χ2n) is 5.64. The molecule has 1 N–H and O–H groups in total. The number of anilines is 1. The Morgan fingerprint density at radius 2 is 2.14 bits per heavy atom. The smallest absolute Gasteiger partial charge is 0.420 e. The number of nitro benzene ring substituents is 1. The van der Waals surface area contributed by atoms with Crippen LogP contribution in [0.3, 0.4) is 0 Å². The van der Waals surface area contributed by atoms with Gasteiger partial charge in [-0.15, -0.1) is 0 Å². The van der Waals surface area contributed by atoms with Gasteiger partial charge in [0.1, 0.15) is 13.2 Å². The molecular formula is C17H16N4O7. The molecule has 2 aromatic heterocycles. The fourth-order valence-corrected chi connectivity index (χ4v) is 2.43. The number of methoxy groups -OCH3 is 1. The maximum Gasteiger partial charge on any atom is 0.420 e. The first-order valence-electron chi connectivity index (χ1n) is 8.13. The fourth-order valence-electron chi connectivity index (χ4n) is 2.43. The molecule has 146 valence electrons. The van der Waals surface area contributed by atoms with Crippen molar-refractivity contribution in [2.75, 3.05) is 25.6 Å². The van der Waals surface area contributed by atoms with Gasteiger partial charge < -0.3 is 19.2 Å². The Labute approximate surface area is 157 Å². The van der Waals surface area contributed by atoms with Gasteiger partial charge in [0.25, 0.3) is 5.69 Å². The van der Waals surface area contributed by atoms with E-state index in [1.54, 1.807) is 19.2 Å². The van der Waals surface area contributed by atoms with Gasteiger partial charge in [-0.05, 0) is 12.1 Å². The molecule has 0 atom stereocenters. The predicted molar refractivity (Wildman–Crippen MR) is 97.4 cm³/mol. The lowest BCUT2D eigenvalue weighted by atomic mass is 10.3. The topological polar surface area (TPSA) is 139 Å². The molecule has 0 radical (unpaired) electrons. The molecule has 0 spiro atoms. The molecule has 0 bridgehead atoms. The summed E-state index contributed by atoms with van der Waals surface area (Å²) < 4.78 is 16.3. The van der Waals surface area contributed by atoms with E-state index in [-0.39, 0.29) is 23.3 Å². The quantitative estimate of drug-likeness (QED) is 0.348. The normalized spacial score (nSPS) is 10.8. The summed E-state index contributed by atoms with van der Waals surface area (Å²) in [5.74, 6) is -0.891. The van der Waals surface area contributed by atoms with Crippen molar-refractivity contribution in [2.24, 2.45) is 0 Å². The van der Waals surface area contributed by atoms with Gasteiger partial charge >= 0.3 is 5.76 Å². The number of nitrogens with zero attached hydrogens (tertiary/aromatic N) is 3. The van der Waals surface area contributed by atoms with E-state index in [4.69, 9.17) is 13.9 Å². The van der Waals surface area contributed by atoms with Crippen molar-refractivity contribution in [1.82, 2.24) is 9.55 Å². The molecular weight excluding hydrogens is 372 g/mol. The molecule has 0 aliphatic carbocycles. The first-order valence-corrected chi connectivity index (χ1v) is 8.13. The third-order valence-corrected chi connectivity index (χ3v) is 3.72. The number of nitrogens with one attached hydrogen (secondary N) is 1. The van der Waals surface area contributed by atoms with Gasteiger partial charge in [0, 0.05) is 19.2 Å². The third kappa shape index (κ3) is 4.32. The number of fused-ring (bicyclic) bond motifs is 1. The molecule has 0 unspecified atom stereocenters. The van der Waals surface area contributed by atoms with Crippen LogP contribution in [0.5, 0.6) is 5.88 Å². The molecule has 28 heavy (non-hydrogen) atoms. The summed E-state index contributed by atoms with van der Waals surface area (Å²) in [5, 5.41) is 13.4. The molecule has 2 heterocycles. The first kappa shape index (κ1) is 19.0. The number of nitro groups is 1. The number of aromatic nitrogens is 2. The molecule has 0 aliphatic heterocycles. The standard InChI is InChI=1S/C17H16N4O7/c1-26-6-7-27-16-5-2-11(9-18-16)19-15(22)10-20-13-4-3-12(21(24)25)8-14(13)28-17(20)23/h2-5,8-9H,6-7,10H2,1H3,(H,19,22). The molecule has 11 nitrogen and oxygen atoms in total. The van der Waals surface area contributed by atoms with Crippen molar-refractivity contribution in [3.63, 3.8) is 0 Å². The maximum absolute atomic E-state index is 12.3. The minimum atomic E-state index is -0.786. The first-order chi connectivity index (χ1) is 13.5. The Bertz CT molecular complexity index is 1060. The molecule has 3 rings (SSSR count). The molecule has 1 aromatic carbocycles. The van der Waals surface area contributed by atoms with E-state index in [1.165, 1.54) is 18.3 Å². The minimum Gasteiger partial charge on any atom is -0.475 e. The highest BCUT2D eigenvalue weighted by molar-refractivity contribution is 5.91. The molecule has 11 heteroatoms. The highest BCUT2D eigenvalue weighted by atomic mass is 16.6. The summed E-state index contributed by atoms with van der Waals surface area (Å²) >= 11 is 0. The van der Waals surface area contributed by atoms with Crippen molar-refractivity contribution in [3.8, 4) is 5.88 Å². The van der Waals surface area contributed by atoms with E-state index in [0.29, 0.717) is 24.8 Å². The Morgan fingerprint density at radius 1 is 1.32 bits per heavy atom. The SMILES string of the molecule is COCCOc1ccc(NC(=O)Cn2c(=O)oc3cc([N+](=O)[O-])ccc32)cn1. The van der Waals surface area contributed by atoms with Crippen LogP contribution in [-0.2, 0) is 16.1 Å². The van der Waals surface area contributed by atoms with Crippen LogP contribution >= 0.6 is 0 Å². The number of carbonyl (C=O) groups is 1. The van der Waals surface area contributed by atoms with Crippen LogP contribution in [0.2, 0.25) is 0 Å². The molecule has 3 aromatic rings. The Morgan fingerprint density at radius 3 is 2.82 bits per heavy atom. The maximum atomic E-state index is 12.3. The van der Waals surface area contributed by atoms with E-state index in [0.717, 1.165) is 10.6 Å². The number of rotatable bonds is 8. The van der Waals surface area contributed by atoms with Crippen molar-refractivity contribution in [2.45, 2.75) is 6.54 Å². The second kappa shape index (κ2) is 8.31. The molecule has 0 fully saturated rings. The monoisotopic (exact) mass is 388 g/mol. The van der Waals surface area contributed by atoms with Crippen LogP contribution in [0.1, 0.15) is 0 Å². The lowest BCUT2D eigenvalue weighted by Gasteiger charge is -2.07. The number of benzene rings is 1. The van der Waals surface area contributed by atoms with Crippen molar-refractivity contribution in [3.05, 3.63) is 57.2 Å². The van der Waals surface area contributed by atoms with Crippen LogP contribution in [0.4, 0.5) is 11.4 Å². The van der Waals surface area contributed by atoms with E-state index in [1.807, 2.05) is 0 Å². The minimum absolute atomic E-state index is 0.0335. The molecule has 0 saturated heterocycles. The lowest BCUT2D eigenvalue weighted by molar-refractivity contribution is -0.384. The van der Waals surface area contributed by atoms with Crippen molar-refractivity contribution >= 4 is 28.4 Å². The van der Waals surface area contributed by atoms with Crippen LogP contribution in [0.25, 0.3) is 11.1 Å². The highest BCUT2D eigenvalue weighted by Gasteiger charge is 2.16. The number of hydrogen-bond acceptors (Lipinski definition) is 8. The number of hydrogen-bond donors (Lipinski definition) is 1. The van der Waals surface area contributed by atoms with Crippen LogP contribution in [0.15, 0.2) is 45.7 Å². The van der Waals surface area contributed by atoms with E-state index in [9.17, 15) is 19.7 Å². The third-order valence-electron chi connectivity index (χ3n) is 3.72. The van der Waals surface area contributed by atoms with Gasteiger partial charge in [-0.2, -0.15) is 0 Å². The Kier molecular flexibility index (Phi) is 5.65. The Balaban J connectivity index is 1.68. The van der Waals surface area contributed by atoms with E-state index in [2.05, 4.69) is 10.3 Å². The highest BCUT2D eigenvalue weighted by Crippen LogP contribution is 2.20. The van der Waals surface area contributed by atoms with Crippen molar-refractivity contribution < 1.29 is 23.6 Å². The van der Waals surface area contributed by atoms with Gasteiger partial charge in [-0.25, -0.2) is 9.78 Å². The predicted octanol–water partition coefficient (Wildman–Crippen LogP) is 1.56. The molecule has 1 amide bonds. The summed E-state index contributed by atoms with van der Waals surface area (Å²) in [6.07, 6.45) is 1.42. The van der Waals surface area contributed by atoms with Gasteiger partial charge in [0.15, 0.2) is 5.58 Å². The van der Waals surface area contributed by atoms with Crippen LogP contribution < -0.4 is 15.8 Å². The number of amides is 1. The zero-order chi connectivity index (χ0) is 20.1. The zero-order valence-corrected chi connectivity index (χ0v) is 14.8. The van der Waals surface area contributed by atoms with Crippen LogP contribution in [-0.4, -0.2) is 40.7 Å². The summed E-state index contributed by atoms with van der Waals surface area (Å²) in [6, 6.07) is 6.92. The number of ether oxygens (including phenoxy) is 2. The Hall–Kier alpha value is -3.73. The lowest BCUT2D eigenvalue weighted by Crippen LogP contribution is -2.24. The van der Waals surface area contributed by atoms with E-state index >= 15 is 0 Å². The summed E-state index contributed by atoms with van der Waals surface area (Å²) in [4.78, 5) is 38.5. The molecule has 0 aliphatic rings. The second-order valence-corrected chi connectivity index (χ2v) is 5.64. The average Bonchev–Trinajstić information content (AvgIpc) is 2.98. The number of pyridine rings is 1. The fraction of sp³-hybridized carbons (Fsp3) is 0.235. The van der Waals surface area contributed by atoms with Gasteiger partial charge in [-0.1, -0.05) is 0 Å². The summed E-state index contributed by atoms with van der Waals surface area (Å²) in [6.45, 7) is 0.455. The number of carbonyl (C=O) groups excluding carboxylic acids is 1. The summed E-state index contributed by atoms with van der Waals surface area (Å²) in [7, 11) is 1.56. The van der Waals surface area contributed by atoms with Gasteiger partial charge in [0.05, 0.1) is 35.0 Å². The van der Waals surface area contributed by atoms with Crippen molar-refractivity contribution in [1.29, 1.82) is 0 Å². The van der Waals surface area contributed by atoms with Crippen LogP contribution in [0, 0.1) is 10.1 Å². The number of oxazole rings is 1. The molecule has 0 saturated carbocycles. The zero-order valence-electron chi connectivity index (χ0n) is 14.8. The largest absolute Gasteiger partial charge is 0.475 e. The summed E-state index contributed by atoms with van der Waals surface area (Å²) in [5.41, 5.74) is 0.523.